The molecule has 0 amide bonds. The van der Waals surface area contributed by atoms with Crippen LogP contribution in [0.4, 0.5) is 11.4 Å². The maximum atomic E-state index is 12.4. The monoisotopic (exact) mass is 410 g/mol. The maximum absolute atomic E-state index is 12.4. The van der Waals surface area contributed by atoms with Crippen molar-refractivity contribution in [1.82, 2.24) is 4.57 Å². The van der Waals surface area contributed by atoms with Crippen molar-refractivity contribution in [1.29, 1.82) is 0 Å². The minimum absolute atomic E-state index is 0.336. The minimum Gasteiger partial charge on any atom is -0.497 e. The number of carbonyl (C=O) groups is 1. The molecule has 154 valence electrons. The molecule has 1 aliphatic carbocycles. The Hall–Kier alpha value is -3.91. The molecule has 0 spiro atoms. The van der Waals surface area contributed by atoms with Gasteiger partial charge in [-0.2, -0.15) is 0 Å². The molecular weight excluding hydrogens is 388 g/mol. The first-order chi connectivity index (χ1) is 15.2. The summed E-state index contributed by atoms with van der Waals surface area (Å²) in [5, 5.41) is 4.30. The lowest BCUT2D eigenvalue weighted by Crippen LogP contribution is -2.06. The zero-order valence-electron chi connectivity index (χ0n) is 17.4. The summed E-state index contributed by atoms with van der Waals surface area (Å²) >= 11 is 0. The van der Waals surface area contributed by atoms with E-state index in [1.54, 1.807) is 7.11 Å². The van der Waals surface area contributed by atoms with E-state index in [0.29, 0.717) is 11.5 Å². The number of ether oxygens (including phenoxy) is 2. The van der Waals surface area contributed by atoms with Crippen LogP contribution in [0.15, 0.2) is 60.7 Å². The molecule has 1 aliphatic rings. The molecule has 0 radical (unpaired) electrons. The second kappa shape index (κ2) is 7.73. The molecule has 0 saturated heterocycles. The van der Waals surface area contributed by atoms with E-state index in [1.807, 2.05) is 59.2 Å². The summed E-state index contributed by atoms with van der Waals surface area (Å²) in [5.74, 6) is 1.04. The molecule has 0 aliphatic heterocycles. The van der Waals surface area contributed by atoms with Crippen molar-refractivity contribution in [3.8, 4) is 11.4 Å². The van der Waals surface area contributed by atoms with Crippen LogP contribution in [0.3, 0.4) is 0 Å². The van der Waals surface area contributed by atoms with Crippen LogP contribution in [0.1, 0.15) is 34.7 Å². The lowest BCUT2D eigenvalue weighted by molar-refractivity contribution is 0.0602. The number of fused-ring (bicyclic) bond motifs is 1. The molecule has 1 saturated carbocycles. The van der Waals surface area contributed by atoms with Crippen molar-refractivity contribution in [3.63, 3.8) is 0 Å². The van der Waals surface area contributed by atoms with E-state index in [4.69, 9.17) is 9.47 Å². The number of hydrogen-bond donors (Lipinski definition) is 1. The van der Waals surface area contributed by atoms with Gasteiger partial charge in [-0.25, -0.2) is 4.79 Å². The molecule has 5 rings (SSSR count). The number of aromatic nitrogens is 1. The number of esters is 1. The predicted molar refractivity (Wildman–Crippen MR) is 121 cm³/mol. The van der Waals surface area contributed by atoms with Crippen LogP contribution in [0.2, 0.25) is 0 Å². The van der Waals surface area contributed by atoms with Crippen molar-refractivity contribution < 1.29 is 14.3 Å². The van der Waals surface area contributed by atoms with E-state index in [0.717, 1.165) is 33.7 Å². The molecule has 1 N–H and O–H groups in total. The van der Waals surface area contributed by atoms with Gasteiger partial charge in [0, 0.05) is 11.9 Å². The Bertz CT molecular complexity index is 1250. The van der Waals surface area contributed by atoms with Crippen LogP contribution in [-0.2, 0) is 4.74 Å². The number of anilines is 2. The fraction of sp³-hybridized carbons (Fsp3) is 0.192. The van der Waals surface area contributed by atoms with Crippen LogP contribution < -0.4 is 10.1 Å². The van der Waals surface area contributed by atoms with Crippen LogP contribution in [0.25, 0.3) is 16.6 Å². The zero-order chi connectivity index (χ0) is 21.4. The average Bonchev–Trinajstić information content (AvgIpc) is 3.58. The highest BCUT2D eigenvalue weighted by atomic mass is 16.5. The molecule has 3 aromatic carbocycles. The fourth-order valence-electron chi connectivity index (χ4n) is 3.80. The smallest absolute Gasteiger partial charge is 0.339 e. The molecule has 31 heavy (non-hydrogen) atoms. The van der Waals surface area contributed by atoms with Crippen molar-refractivity contribution in [2.45, 2.75) is 18.8 Å². The van der Waals surface area contributed by atoms with Crippen molar-refractivity contribution >= 4 is 28.2 Å². The summed E-state index contributed by atoms with van der Waals surface area (Å²) in [6.07, 6.45) is 5.54. The number of benzene rings is 3. The lowest BCUT2D eigenvalue weighted by Gasteiger charge is -2.13. The Morgan fingerprint density at radius 2 is 1.84 bits per heavy atom. The van der Waals surface area contributed by atoms with Crippen molar-refractivity contribution in [2.24, 2.45) is 0 Å². The van der Waals surface area contributed by atoms with Gasteiger partial charge in [0.2, 0.25) is 0 Å². The number of carbonyl (C=O) groups excluding carboxylic acids is 1. The van der Waals surface area contributed by atoms with E-state index in [9.17, 15) is 4.79 Å². The Balaban J connectivity index is 1.45. The normalized spacial score (nSPS) is 13.0. The largest absolute Gasteiger partial charge is 0.497 e. The van der Waals surface area contributed by atoms with Gasteiger partial charge in [0.05, 0.1) is 42.1 Å². The van der Waals surface area contributed by atoms with Crippen LogP contribution in [-0.4, -0.2) is 24.8 Å². The van der Waals surface area contributed by atoms with E-state index < -0.39 is 0 Å². The Morgan fingerprint density at radius 1 is 1.03 bits per heavy atom. The molecular formula is C26H22N2O3. The Labute approximate surface area is 181 Å². The summed E-state index contributed by atoms with van der Waals surface area (Å²) < 4.78 is 12.2. The van der Waals surface area contributed by atoms with Crippen LogP contribution in [0.5, 0.6) is 5.75 Å². The number of methoxy groups -OCH3 is 2. The Kier molecular flexibility index (Phi) is 4.76. The third-order valence-electron chi connectivity index (χ3n) is 5.65. The molecule has 1 fully saturated rings. The highest BCUT2D eigenvalue weighted by Crippen LogP contribution is 2.41. The van der Waals surface area contributed by atoms with E-state index in [2.05, 4.69) is 23.6 Å². The number of hydrogen-bond acceptors (Lipinski definition) is 4. The summed E-state index contributed by atoms with van der Waals surface area (Å²) in [6.45, 7) is 0. The van der Waals surface area contributed by atoms with Crippen LogP contribution >= 0.6 is 0 Å². The van der Waals surface area contributed by atoms with E-state index in [-0.39, 0.29) is 5.97 Å². The van der Waals surface area contributed by atoms with E-state index in [1.165, 1.54) is 25.5 Å². The van der Waals surface area contributed by atoms with Gasteiger partial charge in [-0.15, -0.1) is 0 Å². The molecule has 5 nitrogen and oxygen atoms in total. The van der Waals surface area contributed by atoms with E-state index >= 15 is 0 Å². The summed E-state index contributed by atoms with van der Waals surface area (Å²) in [4.78, 5) is 12.4. The molecule has 1 heterocycles. The van der Waals surface area contributed by atoms with Gasteiger partial charge in [0.25, 0.3) is 0 Å². The summed E-state index contributed by atoms with van der Waals surface area (Å²) in [6, 6.07) is 23.0. The third kappa shape index (κ3) is 3.69. The number of nitrogens with one attached hydrogen (secondary N) is 1. The highest BCUT2D eigenvalue weighted by molar-refractivity contribution is 5.97. The van der Waals surface area contributed by atoms with Gasteiger partial charge < -0.3 is 14.8 Å². The lowest BCUT2D eigenvalue weighted by atomic mass is 10.0. The quantitative estimate of drug-likeness (QED) is 0.418. The molecule has 0 atom stereocenters. The molecule has 1 aromatic heterocycles. The van der Waals surface area contributed by atoms with Crippen LogP contribution in [0, 0.1) is 12.3 Å². The maximum Gasteiger partial charge on any atom is 0.339 e. The van der Waals surface area contributed by atoms with Crippen molar-refractivity contribution in [2.75, 3.05) is 19.5 Å². The molecule has 0 unspecified atom stereocenters. The topological polar surface area (TPSA) is 52.5 Å². The second-order valence-electron chi connectivity index (χ2n) is 7.70. The van der Waals surface area contributed by atoms with Gasteiger partial charge >= 0.3 is 5.97 Å². The predicted octanol–water partition coefficient (Wildman–Crippen LogP) is 5.65. The second-order valence-corrected chi connectivity index (χ2v) is 7.70. The fourth-order valence-corrected chi connectivity index (χ4v) is 3.80. The van der Waals surface area contributed by atoms with Gasteiger partial charge in [-0.05, 0) is 85.0 Å². The molecule has 5 heteroatoms. The summed E-state index contributed by atoms with van der Waals surface area (Å²) in [7, 11) is 3.06. The average molecular weight is 410 g/mol. The minimum atomic E-state index is -0.336. The SMILES string of the molecule is COC(=O)c1cc(C2CC2)ccc1Nc1ccc2c(c#cn2-c2ccc(OC)cc2)c1. The first kappa shape index (κ1) is 19.1. The first-order valence-electron chi connectivity index (χ1n) is 10.3. The Morgan fingerprint density at radius 3 is 2.55 bits per heavy atom. The zero-order valence-corrected chi connectivity index (χ0v) is 17.4. The standard InChI is InChI=1S/C26H22N2O3/c1-30-22-9-7-21(8-10-22)28-14-13-19-15-20(6-12-25(19)28)27-24-11-5-18(17-3-4-17)16-23(24)26(29)31-2/h5-12,15-17,27H,3-4H2,1-2H3. The molecule has 4 aromatic rings. The van der Waals surface area contributed by atoms with Gasteiger partial charge in [0.15, 0.2) is 0 Å². The van der Waals surface area contributed by atoms with Gasteiger partial charge in [0.1, 0.15) is 5.75 Å². The van der Waals surface area contributed by atoms with Crippen molar-refractivity contribution in [3.05, 3.63) is 84.1 Å². The molecule has 0 bridgehead atoms. The highest BCUT2D eigenvalue weighted by Gasteiger charge is 2.25. The first-order valence-corrected chi connectivity index (χ1v) is 10.3. The third-order valence-corrected chi connectivity index (χ3v) is 5.65. The van der Waals surface area contributed by atoms with Gasteiger partial charge in [-0.3, -0.25) is 4.57 Å². The number of nitrogens with zero attached hydrogens (tertiary/aromatic N) is 1. The van der Waals surface area contributed by atoms with Gasteiger partial charge in [-0.1, -0.05) is 6.07 Å². The number of rotatable bonds is 6. The summed E-state index contributed by atoms with van der Waals surface area (Å²) in [5.41, 5.74) is 5.33.